The quantitative estimate of drug-likeness (QED) is 0.745. The molecule has 0 aliphatic carbocycles. The first-order valence-corrected chi connectivity index (χ1v) is 8.93. The van der Waals surface area contributed by atoms with Gasteiger partial charge in [-0.2, -0.15) is 0 Å². The van der Waals surface area contributed by atoms with Crippen molar-refractivity contribution in [2.24, 2.45) is 0 Å². The average Bonchev–Trinajstić information content (AvgIpc) is 3.08. The number of carbonyl (C=O) groups excluding carboxylic acids is 3. The molecule has 0 spiro atoms. The van der Waals surface area contributed by atoms with Crippen LogP contribution in [0.5, 0.6) is 0 Å². The Balaban J connectivity index is 1.83. The van der Waals surface area contributed by atoms with E-state index < -0.39 is 0 Å². The van der Waals surface area contributed by atoms with Gasteiger partial charge in [0.25, 0.3) is 5.91 Å². The lowest BCUT2D eigenvalue weighted by Crippen LogP contribution is -2.33. The molecule has 2 N–H and O–H groups in total. The summed E-state index contributed by atoms with van der Waals surface area (Å²) in [5.74, 6) is -0.116. The Hall–Kier alpha value is -3.09. The van der Waals surface area contributed by atoms with Crippen LogP contribution in [0.3, 0.4) is 0 Å². The minimum atomic E-state index is -0.360. The maximum Gasteiger partial charge on any atom is 0.255 e. The lowest BCUT2D eigenvalue weighted by atomic mass is 10.1. The van der Waals surface area contributed by atoms with Gasteiger partial charge in [0, 0.05) is 18.8 Å². The highest BCUT2D eigenvalue weighted by Gasteiger charge is 2.13. The first-order chi connectivity index (χ1) is 12.9. The number of hydrogen-bond donors (Lipinski definition) is 2. The van der Waals surface area contributed by atoms with Gasteiger partial charge in [-0.15, -0.1) is 0 Å². The minimum Gasteiger partial charge on any atom is -0.469 e. The fourth-order valence-electron chi connectivity index (χ4n) is 2.65. The van der Waals surface area contributed by atoms with E-state index in [-0.39, 0.29) is 24.3 Å². The average molecular weight is 371 g/mol. The summed E-state index contributed by atoms with van der Waals surface area (Å²) in [5, 5.41) is 5.26. The van der Waals surface area contributed by atoms with Gasteiger partial charge in [-0.05, 0) is 44.5 Å². The van der Waals surface area contributed by atoms with Crippen LogP contribution in [-0.4, -0.2) is 42.3 Å². The Bertz CT molecular complexity index is 792. The Labute approximate surface area is 158 Å². The highest BCUT2D eigenvalue weighted by atomic mass is 16.3. The van der Waals surface area contributed by atoms with Gasteiger partial charge in [0.15, 0.2) is 0 Å². The van der Waals surface area contributed by atoms with Crippen molar-refractivity contribution in [3.05, 3.63) is 53.5 Å². The molecule has 0 unspecified atom stereocenters. The van der Waals surface area contributed by atoms with Crippen LogP contribution in [-0.2, 0) is 16.0 Å². The van der Waals surface area contributed by atoms with Crippen LogP contribution >= 0.6 is 0 Å². The fourth-order valence-corrected chi connectivity index (χ4v) is 2.65. The lowest BCUT2D eigenvalue weighted by Gasteiger charge is -2.18. The van der Waals surface area contributed by atoms with Crippen molar-refractivity contribution in [3.63, 3.8) is 0 Å². The molecule has 0 aliphatic heterocycles. The SMILES string of the molecule is CCN(CC)C(=O)Cc1ccc(NC(=O)CNC(=O)c2ccoc2C)cc1. The summed E-state index contributed by atoms with van der Waals surface area (Å²) in [7, 11) is 0. The Kier molecular flexibility index (Phi) is 7.16. The van der Waals surface area contributed by atoms with E-state index in [2.05, 4.69) is 10.6 Å². The van der Waals surface area contributed by atoms with Gasteiger partial charge in [0.1, 0.15) is 5.76 Å². The highest BCUT2D eigenvalue weighted by molar-refractivity contribution is 5.99. The number of anilines is 1. The third-order valence-corrected chi connectivity index (χ3v) is 4.22. The zero-order chi connectivity index (χ0) is 19.8. The number of hydrogen-bond acceptors (Lipinski definition) is 4. The third-order valence-electron chi connectivity index (χ3n) is 4.22. The molecular formula is C20H25N3O4. The largest absolute Gasteiger partial charge is 0.469 e. The van der Waals surface area contributed by atoms with Gasteiger partial charge in [-0.25, -0.2) is 0 Å². The monoisotopic (exact) mass is 371 g/mol. The number of amides is 3. The van der Waals surface area contributed by atoms with Crippen molar-refractivity contribution in [1.29, 1.82) is 0 Å². The minimum absolute atomic E-state index is 0.0778. The normalized spacial score (nSPS) is 10.3. The number of aryl methyl sites for hydroxylation is 1. The molecule has 7 nitrogen and oxygen atoms in total. The molecule has 0 radical (unpaired) electrons. The van der Waals surface area contributed by atoms with Crippen molar-refractivity contribution in [2.75, 3.05) is 25.0 Å². The molecule has 0 atom stereocenters. The molecule has 1 aromatic heterocycles. The van der Waals surface area contributed by atoms with E-state index in [9.17, 15) is 14.4 Å². The molecule has 27 heavy (non-hydrogen) atoms. The van der Waals surface area contributed by atoms with E-state index in [4.69, 9.17) is 4.42 Å². The smallest absolute Gasteiger partial charge is 0.255 e. The molecular weight excluding hydrogens is 346 g/mol. The van der Waals surface area contributed by atoms with Gasteiger partial charge in [-0.1, -0.05) is 12.1 Å². The lowest BCUT2D eigenvalue weighted by molar-refractivity contribution is -0.130. The number of nitrogens with zero attached hydrogens (tertiary/aromatic N) is 1. The summed E-state index contributed by atoms with van der Waals surface area (Å²) in [6.07, 6.45) is 1.76. The standard InChI is InChI=1S/C20H25N3O4/c1-4-23(5-2)19(25)12-15-6-8-16(9-7-15)22-18(24)13-21-20(26)17-10-11-27-14(17)3/h6-11H,4-5,12-13H2,1-3H3,(H,21,26)(H,22,24). The molecule has 3 amide bonds. The highest BCUT2D eigenvalue weighted by Crippen LogP contribution is 2.11. The molecule has 0 fully saturated rings. The van der Waals surface area contributed by atoms with Crippen LogP contribution in [0.1, 0.15) is 35.5 Å². The van der Waals surface area contributed by atoms with Crippen LogP contribution < -0.4 is 10.6 Å². The van der Waals surface area contributed by atoms with Crippen molar-refractivity contribution in [1.82, 2.24) is 10.2 Å². The second-order valence-electron chi connectivity index (χ2n) is 6.06. The second kappa shape index (κ2) is 9.56. The van der Waals surface area contributed by atoms with E-state index in [0.29, 0.717) is 36.5 Å². The summed E-state index contributed by atoms with van der Waals surface area (Å²) >= 11 is 0. The van der Waals surface area contributed by atoms with Gasteiger partial charge in [0.2, 0.25) is 11.8 Å². The van der Waals surface area contributed by atoms with E-state index in [1.807, 2.05) is 26.0 Å². The number of rotatable bonds is 8. The molecule has 7 heteroatoms. The van der Waals surface area contributed by atoms with Crippen LogP contribution in [0.4, 0.5) is 5.69 Å². The first-order valence-electron chi connectivity index (χ1n) is 8.93. The molecule has 0 aliphatic rings. The Morgan fingerprint density at radius 3 is 2.26 bits per heavy atom. The van der Waals surface area contributed by atoms with Crippen molar-refractivity contribution < 1.29 is 18.8 Å². The van der Waals surface area contributed by atoms with Gasteiger partial charge < -0.3 is 20.0 Å². The summed E-state index contributed by atoms with van der Waals surface area (Å²) < 4.78 is 5.07. The summed E-state index contributed by atoms with van der Waals surface area (Å²) in [6.45, 7) is 6.81. The van der Waals surface area contributed by atoms with E-state index in [1.165, 1.54) is 6.26 Å². The van der Waals surface area contributed by atoms with Crippen LogP contribution in [0.2, 0.25) is 0 Å². The molecule has 144 valence electrons. The maximum absolute atomic E-state index is 12.1. The number of likely N-dealkylation sites (N-methyl/N-ethyl adjacent to an activating group) is 1. The zero-order valence-electron chi connectivity index (χ0n) is 15.9. The molecule has 0 saturated heterocycles. The summed E-state index contributed by atoms with van der Waals surface area (Å²) in [4.78, 5) is 37.8. The molecule has 1 heterocycles. The zero-order valence-corrected chi connectivity index (χ0v) is 15.9. The van der Waals surface area contributed by atoms with Crippen LogP contribution in [0.25, 0.3) is 0 Å². The van der Waals surface area contributed by atoms with Gasteiger partial charge >= 0.3 is 0 Å². The van der Waals surface area contributed by atoms with Crippen LogP contribution in [0, 0.1) is 6.92 Å². The van der Waals surface area contributed by atoms with E-state index in [1.54, 1.807) is 30.0 Å². The predicted octanol–water partition coefficient (Wildman–Crippen LogP) is 2.37. The second-order valence-corrected chi connectivity index (χ2v) is 6.06. The fraction of sp³-hybridized carbons (Fsp3) is 0.350. The van der Waals surface area contributed by atoms with Gasteiger partial charge in [-0.3, -0.25) is 14.4 Å². The predicted molar refractivity (Wildman–Crippen MR) is 102 cm³/mol. The molecule has 0 saturated carbocycles. The van der Waals surface area contributed by atoms with Crippen molar-refractivity contribution in [2.45, 2.75) is 27.2 Å². The number of furan rings is 1. The third kappa shape index (κ3) is 5.70. The van der Waals surface area contributed by atoms with E-state index >= 15 is 0 Å². The molecule has 2 rings (SSSR count). The summed E-state index contributed by atoms with van der Waals surface area (Å²) in [5.41, 5.74) is 1.89. The summed E-state index contributed by atoms with van der Waals surface area (Å²) in [6, 6.07) is 8.66. The van der Waals surface area contributed by atoms with Gasteiger partial charge in [0.05, 0.1) is 24.8 Å². The number of nitrogens with one attached hydrogen (secondary N) is 2. The number of benzene rings is 1. The Morgan fingerprint density at radius 2 is 1.70 bits per heavy atom. The Morgan fingerprint density at radius 1 is 1.04 bits per heavy atom. The topological polar surface area (TPSA) is 91.7 Å². The first kappa shape index (κ1) is 20.2. The molecule has 2 aromatic rings. The number of carbonyl (C=O) groups is 3. The van der Waals surface area contributed by atoms with Crippen molar-refractivity contribution >= 4 is 23.4 Å². The molecule has 0 bridgehead atoms. The maximum atomic E-state index is 12.1. The van der Waals surface area contributed by atoms with E-state index in [0.717, 1.165) is 5.56 Å². The van der Waals surface area contributed by atoms with Crippen LogP contribution in [0.15, 0.2) is 41.0 Å². The van der Waals surface area contributed by atoms with Crippen molar-refractivity contribution in [3.8, 4) is 0 Å². The molecule has 1 aromatic carbocycles.